The number of hydrogen-bond acceptors (Lipinski definition) is 3. The van der Waals surface area contributed by atoms with E-state index in [0.29, 0.717) is 5.57 Å². The standard InChI is InChI=1S/C7H10O3/c1-4-3-6(8)5(2)10-7(4)9/h3,5,7,9H,1-2H3. The van der Waals surface area contributed by atoms with Crippen molar-refractivity contribution >= 4 is 5.78 Å². The summed E-state index contributed by atoms with van der Waals surface area (Å²) in [6, 6.07) is 0. The molecule has 0 spiro atoms. The number of aliphatic hydroxyl groups is 1. The molecule has 1 N–H and O–H groups in total. The van der Waals surface area contributed by atoms with Gasteiger partial charge < -0.3 is 9.84 Å². The zero-order valence-corrected chi connectivity index (χ0v) is 6.00. The van der Waals surface area contributed by atoms with Gasteiger partial charge in [0, 0.05) is 0 Å². The summed E-state index contributed by atoms with van der Waals surface area (Å²) in [4.78, 5) is 10.8. The van der Waals surface area contributed by atoms with Crippen LogP contribution in [0, 0.1) is 0 Å². The van der Waals surface area contributed by atoms with Crippen LogP contribution in [-0.2, 0) is 9.53 Å². The molecule has 0 fully saturated rings. The summed E-state index contributed by atoms with van der Waals surface area (Å²) in [6.07, 6.45) is 0.0187. The number of carbonyl (C=O) groups excluding carboxylic acids is 1. The molecular formula is C7H10O3. The molecule has 3 heteroatoms. The van der Waals surface area contributed by atoms with Crippen LogP contribution < -0.4 is 0 Å². The van der Waals surface area contributed by atoms with Crippen LogP contribution in [0.5, 0.6) is 0 Å². The van der Waals surface area contributed by atoms with Gasteiger partial charge >= 0.3 is 0 Å². The Bertz CT molecular complexity index is 183. The van der Waals surface area contributed by atoms with Crippen LogP contribution in [0.3, 0.4) is 0 Å². The SMILES string of the molecule is CC1=CC(=O)C(C)OC1O. The maximum Gasteiger partial charge on any atom is 0.184 e. The van der Waals surface area contributed by atoms with E-state index in [1.807, 2.05) is 0 Å². The highest BCUT2D eigenvalue weighted by atomic mass is 16.6. The van der Waals surface area contributed by atoms with Gasteiger partial charge in [-0.1, -0.05) is 0 Å². The fourth-order valence-electron chi connectivity index (χ4n) is 0.781. The van der Waals surface area contributed by atoms with E-state index in [9.17, 15) is 4.79 Å². The first-order valence-corrected chi connectivity index (χ1v) is 3.17. The van der Waals surface area contributed by atoms with E-state index in [4.69, 9.17) is 9.84 Å². The van der Waals surface area contributed by atoms with Crippen molar-refractivity contribution in [3.05, 3.63) is 11.6 Å². The number of carbonyl (C=O) groups is 1. The van der Waals surface area contributed by atoms with Crippen molar-refractivity contribution in [1.29, 1.82) is 0 Å². The zero-order valence-electron chi connectivity index (χ0n) is 6.00. The third kappa shape index (κ3) is 1.25. The average Bonchev–Trinajstić information content (AvgIpc) is 1.84. The fourth-order valence-corrected chi connectivity index (χ4v) is 0.781. The Morgan fingerprint density at radius 3 is 2.80 bits per heavy atom. The number of rotatable bonds is 0. The van der Waals surface area contributed by atoms with Crippen molar-refractivity contribution < 1.29 is 14.6 Å². The summed E-state index contributed by atoms with van der Waals surface area (Å²) < 4.78 is 4.85. The van der Waals surface area contributed by atoms with Crippen molar-refractivity contribution in [2.75, 3.05) is 0 Å². The molecule has 10 heavy (non-hydrogen) atoms. The number of ketones is 1. The van der Waals surface area contributed by atoms with Crippen LogP contribution in [-0.4, -0.2) is 23.3 Å². The van der Waals surface area contributed by atoms with Crippen molar-refractivity contribution in [3.63, 3.8) is 0 Å². The van der Waals surface area contributed by atoms with Gasteiger partial charge in [0.2, 0.25) is 0 Å². The molecule has 1 aliphatic heterocycles. The maximum atomic E-state index is 10.8. The molecule has 2 atom stereocenters. The lowest BCUT2D eigenvalue weighted by atomic mass is 10.1. The Morgan fingerprint density at radius 2 is 2.30 bits per heavy atom. The molecule has 1 rings (SSSR count). The Morgan fingerprint density at radius 1 is 1.70 bits per heavy atom. The largest absolute Gasteiger partial charge is 0.364 e. The first kappa shape index (κ1) is 7.44. The first-order valence-electron chi connectivity index (χ1n) is 3.17. The zero-order chi connectivity index (χ0) is 7.72. The molecular weight excluding hydrogens is 132 g/mol. The molecule has 0 amide bonds. The van der Waals surface area contributed by atoms with Crippen LogP contribution in [0.2, 0.25) is 0 Å². The number of aliphatic hydroxyl groups excluding tert-OH is 1. The quantitative estimate of drug-likeness (QED) is 0.527. The van der Waals surface area contributed by atoms with Gasteiger partial charge in [-0.25, -0.2) is 0 Å². The minimum Gasteiger partial charge on any atom is -0.364 e. The second kappa shape index (κ2) is 2.52. The third-order valence-corrected chi connectivity index (χ3v) is 1.49. The van der Waals surface area contributed by atoms with Gasteiger partial charge in [0.15, 0.2) is 12.1 Å². The number of hydrogen-bond donors (Lipinski definition) is 1. The Kier molecular flexibility index (Phi) is 1.87. The molecule has 0 radical (unpaired) electrons. The molecule has 2 unspecified atom stereocenters. The lowest BCUT2D eigenvalue weighted by Crippen LogP contribution is -2.31. The number of ether oxygens (including phenoxy) is 1. The van der Waals surface area contributed by atoms with Crippen molar-refractivity contribution in [1.82, 2.24) is 0 Å². The molecule has 0 bridgehead atoms. The molecule has 3 nitrogen and oxygen atoms in total. The van der Waals surface area contributed by atoms with E-state index in [1.165, 1.54) is 6.08 Å². The van der Waals surface area contributed by atoms with Crippen LogP contribution in [0.1, 0.15) is 13.8 Å². The molecule has 1 aliphatic rings. The van der Waals surface area contributed by atoms with Gasteiger partial charge in [-0.2, -0.15) is 0 Å². The summed E-state index contributed by atoms with van der Waals surface area (Å²) in [7, 11) is 0. The van der Waals surface area contributed by atoms with Gasteiger partial charge in [-0.15, -0.1) is 0 Å². The van der Waals surface area contributed by atoms with Crippen molar-refractivity contribution in [3.8, 4) is 0 Å². The van der Waals surface area contributed by atoms with Gasteiger partial charge in [0.25, 0.3) is 0 Å². The average molecular weight is 142 g/mol. The predicted octanol–water partition coefficient (Wildman–Crippen LogP) is 0.239. The van der Waals surface area contributed by atoms with Crippen LogP contribution in [0.4, 0.5) is 0 Å². The normalized spacial score (nSPS) is 33.9. The predicted molar refractivity (Wildman–Crippen MR) is 35.3 cm³/mol. The Labute approximate surface area is 59.3 Å². The van der Waals surface area contributed by atoms with Gasteiger partial charge in [0.1, 0.15) is 6.10 Å². The summed E-state index contributed by atoms with van der Waals surface area (Å²) in [5.41, 5.74) is 0.572. The fraction of sp³-hybridized carbons (Fsp3) is 0.571. The van der Waals surface area contributed by atoms with Crippen molar-refractivity contribution in [2.24, 2.45) is 0 Å². The minimum absolute atomic E-state index is 0.0807. The van der Waals surface area contributed by atoms with E-state index < -0.39 is 12.4 Å². The van der Waals surface area contributed by atoms with Crippen LogP contribution in [0.15, 0.2) is 11.6 Å². The lowest BCUT2D eigenvalue weighted by Gasteiger charge is -2.21. The summed E-state index contributed by atoms with van der Waals surface area (Å²) in [6.45, 7) is 3.28. The molecule has 1 heterocycles. The smallest absolute Gasteiger partial charge is 0.184 e. The Balaban J connectivity index is 2.79. The molecule has 0 aromatic rings. The lowest BCUT2D eigenvalue weighted by molar-refractivity contribution is -0.147. The highest BCUT2D eigenvalue weighted by Gasteiger charge is 2.22. The molecule has 0 aromatic heterocycles. The summed E-state index contributed by atoms with van der Waals surface area (Å²) in [5.74, 6) is -0.0807. The minimum atomic E-state index is -0.896. The van der Waals surface area contributed by atoms with E-state index in [1.54, 1.807) is 13.8 Å². The monoisotopic (exact) mass is 142 g/mol. The van der Waals surface area contributed by atoms with E-state index in [2.05, 4.69) is 0 Å². The second-order valence-corrected chi connectivity index (χ2v) is 2.42. The van der Waals surface area contributed by atoms with E-state index in [0.717, 1.165) is 0 Å². The molecule has 0 saturated carbocycles. The summed E-state index contributed by atoms with van der Waals surface area (Å²) in [5, 5.41) is 9.02. The van der Waals surface area contributed by atoms with Gasteiger partial charge in [-0.3, -0.25) is 4.79 Å². The van der Waals surface area contributed by atoms with Gasteiger partial charge in [0.05, 0.1) is 0 Å². The highest BCUT2D eigenvalue weighted by molar-refractivity contribution is 5.94. The van der Waals surface area contributed by atoms with Crippen LogP contribution in [0.25, 0.3) is 0 Å². The maximum absolute atomic E-state index is 10.8. The molecule has 56 valence electrons. The Hall–Kier alpha value is -0.670. The first-order chi connectivity index (χ1) is 4.61. The van der Waals surface area contributed by atoms with E-state index in [-0.39, 0.29) is 5.78 Å². The highest BCUT2D eigenvalue weighted by Crippen LogP contribution is 2.13. The third-order valence-electron chi connectivity index (χ3n) is 1.49. The molecule has 0 aliphatic carbocycles. The summed E-state index contributed by atoms with van der Waals surface area (Å²) >= 11 is 0. The van der Waals surface area contributed by atoms with E-state index >= 15 is 0 Å². The van der Waals surface area contributed by atoms with Crippen molar-refractivity contribution in [2.45, 2.75) is 26.2 Å². The second-order valence-electron chi connectivity index (χ2n) is 2.42. The topological polar surface area (TPSA) is 46.5 Å². The van der Waals surface area contributed by atoms with Crippen LogP contribution >= 0.6 is 0 Å². The molecule has 0 aromatic carbocycles. The molecule has 0 saturated heterocycles. The van der Waals surface area contributed by atoms with Gasteiger partial charge in [-0.05, 0) is 25.5 Å².